The molecule has 7 heteroatoms. The number of carbonyl (C=O) groups excluding carboxylic acids is 1. The highest BCUT2D eigenvalue weighted by molar-refractivity contribution is 9.10. The lowest BCUT2D eigenvalue weighted by Crippen LogP contribution is -2.13. The molecular weight excluding hydrogens is 378 g/mol. The number of hydrogen-bond acceptors (Lipinski definition) is 3. The van der Waals surface area contributed by atoms with E-state index in [0.717, 1.165) is 10.0 Å². The van der Waals surface area contributed by atoms with Crippen molar-refractivity contribution in [2.75, 3.05) is 5.32 Å². The van der Waals surface area contributed by atoms with Crippen molar-refractivity contribution in [3.05, 3.63) is 58.1 Å². The number of nitrogens with one attached hydrogen (secondary N) is 1. The van der Waals surface area contributed by atoms with Gasteiger partial charge in [0.15, 0.2) is 0 Å². The molecule has 0 aliphatic heterocycles. The Hall–Kier alpha value is -1.37. The molecule has 2 aromatic carbocycles. The van der Waals surface area contributed by atoms with Crippen LogP contribution in [0.1, 0.15) is 15.9 Å². The number of anilines is 1. The average Bonchev–Trinajstić information content (AvgIpc) is 2.41. The second-order valence-corrected chi connectivity index (χ2v) is 7.86. The fourth-order valence-electron chi connectivity index (χ4n) is 1.74. The summed E-state index contributed by atoms with van der Waals surface area (Å²) < 4.78 is 23.1. The van der Waals surface area contributed by atoms with Crippen molar-refractivity contribution in [2.24, 2.45) is 0 Å². The Morgan fingerprint density at radius 2 is 1.76 bits per heavy atom. The van der Waals surface area contributed by atoms with Crippen LogP contribution in [0.15, 0.2) is 51.8 Å². The van der Waals surface area contributed by atoms with Gasteiger partial charge in [-0.2, -0.15) is 0 Å². The van der Waals surface area contributed by atoms with E-state index in [9.17, 15) is 13.2 Å². The third-order valence-corrected chi connectivity index (χ3v) is 4.70. The largest absolute Gasteiger partial charge is 0.322 e. The van der Waals surface area contributed by atoms with Gasteiger partial charge < -0.3 is 5.32 Å². The van der Waals surface area contributed by atoms with Crippen molar-refractivity contribution in [3.63, 3.8) is 0 Å². The summed E-state index contributed by atoms with van der Waals surface area (Å²) in [5.74, 6) is -0.268. The van der Waals surface area contributed by atoms with Gasteiger partial charge in [-0.1, -0.05) is 22.0 Å². The minimum atomic E-state index is -3.76. The molecule has 0 spiro atoms. The van der Waals surface area contributed by atoms with Crippen LogP contribution in [0.5, 0.6) is 0 Å². The molecule has 0 aliphatic carbocycles. The second-order valence-electron chi connectivity index (χ2n) is 4.38. The summed E-state index contributed by atoms with van der Waals surface area (Å²) in [6, 6.07) is 11.1. The molecule has 1 amide bonds. The van der Waals surface area contributed by atoms with Crippen molar-refractivity contribution < 1.29 is 13.2 Å². The van der Waals surface area contributed by atoms with Gasteiger partial charge in [-0.15, -0.1) is 0 Å². The molecule has 0 bridgehead atoms. The maximum Gasteiger partial charge on any atom is 0.261 e. The van der Waals surface area contributed by atoms with E-state index in [1.54, 1.807) is 6.07 Å². The summed E-state index contributed by atoms with van der Waals surface area (Å²) in [5.41, 5.74) is 1.87. The summed E-state index contributed by atoms with van der Waals surface area (Å²) in [7, 11) is 1.47. The van der Waals surface area contributed by atoms with Crippen LogP contribution < -0.4 is 5.32 Å². The van der Waals surface area contributed by atoms with Crippen LogP contribution in [0, 0.1) is 6.92 Å². The average molecular weight is 389 g/mol. The molecule has 0 unspecified atom stereocenters. The van der Waals surface area contributed by atoms with E-state index >= 15 is 0 Å². The Labute approximate surface area is 135 Å². The molecule has 1 N–H and O–H groups in total. The SMILES string of the molecule is Cc1ccc(Br)cc1C(=O)Nc1ccc(S(=O)(=O)Cl)cc1. The van der Waals surface area contributed by atoms with Crippen LogP contribution in [0.3, 0.4) is 0 Å². The Bertz CT molecular complexity index is 788. The smallest absolute Gasteiger partial charge is 0.261 e. The van der Waals surface area contributed by atoms with Crippen molar-refractivity contribution in [1.29, 1.82) is 0 Å². The maximum absolute atomic E-state index is 12.2. The third-order valence-electron chi connectivity index (χ3n) is 2.84. The Kier molecular flexibility index (Phi) is 4.70. The van der Waals surface area contributed by atoms with Crippen LogP contribution in [0.4, 0.5) is 5.69 Å². The van der Waals surface area contributed by atoms with Gasteiger partial charge >= 0.3 is 0 Å². The summed E-state index contributed by atoms with van der Waals surface area (Å²) in [6.45, 7) is 1.84. The summed E-state index contributed by atoms with van der Waals surface area (Å²) >= 11 is 3.32. The van der Waals surface area contributed by atoms with Crippen LogP contribution in [0.2, 0.25) is 0 Å². The van der Waals surface area contributed by atoms with E-state index in [0.29, 0.717) is 11.3 Å². The van der Waals surface area contributed by atoms with Crippen molar-refractivity contribution >= 4 is 47.3 Å². The fraction of sp³-hybridized carbons (Fsp3) is 0.0714. The van der Waals surface area contributed by atoms with Crippen LogP contribution in [-0.2, 0) is 9.05 Å². The zero-order valence-electron chi connectivity index (χ0n) is 10.9. The van der Waals surface area contributed by atoms with Gasteiger partial charge in [-0.05, 0) is 48.9 Å². The van der Waals surface area contributed by atoms with E-state index in [-0.39, 0.29) is 10.8 Å². The number of benzene rings is 2. The van der Waals surface area contributed by atoms with Crippen LogP contribution in [-0.4, -0.2) is 14.3 Å². The quantitative estimate of drug-likeness (QED) is 0.810. The predicted octanol–water partition coefficient (Wildman–Crippen LogP) is 3.94. The molecule has 4 nitrogen and oxygen atoms in total. The standard InChI is InChI=1S/C14H11BrClNO3S/c1-9-2-3-10(15)8-13(9)14(18)17-11-4-6-12(7-5-11)21(16,19)20/h2-8H,1H3,(H,17,18). The second kappa shape index (κ2) is 6.17. The summed E-state index contributed by atoms with van der Waals surface area (Å²) in [4.78, 5) is 12.2. The lowest BCUT2D eigenvalue weighted by atomic mass is 10.1. The van der Waals surface area contributed by atoms with Gasteiger partial charge in [0.2, 0.25) is 0 Å². The highest BCUT2D eigenvalue weighted by Gasteiger charge is 2.12. The van der Waals surface area contributed by atoms with E-state index in [2.05, 4.69) is 21.2 Å². The number of amides is 1. The number of aryl methyl sites for hydroxylation is 1. The number of rotatable bonds is 3. The molecule has 0 saturated heterocycles. The van der Waals surface area contributed by atoms with Gasteiger partial charge in [-0.3, -0.25) is 4.79 Å². The summed E-state index contributed by atoms with van der Waals surface area (Å²) in [5, 5.41) is 2.71. The maximum atomic E-state index is 12.2. The normalized spacial score (nSPS) is 11.2. The lowest BCUT2D eigenvalue weighted by Gasteiger charge is -2.08. The van der Waals surface area contributed by atoms with Gasteiger partial charge in [-0.25, -0.2) is 8.42 Å². The predicted molar refractivity (Wildman–Crippen MR) is 86.3 cm³/mol. The molecule has 0 saturated carbocycles. The van der Waals surface area contributed by atoms with Crippen LogP contribution in [0.25, 0.3) is 0 Å². The zero-order valence-corrected chi connectivity index (χ0v) is 14.1. The van der Waals surface area contributed by atoms with Gasteiger partial charge in [0.05, 0.1) is 4.90 Å². The Morgan fingerprint density at radius 1 is 1.14 bits per heavy atom. The van der Waals surface area contributed by atoms with E-state index in [1.165, 1.54) is 24.3 Å². The van der Waals surface area contributed by atoms with E-state index in [4.69, 9.17) is 10.7 Å². The lowest BCUT2D eigenvalue weighted by molar-refractivity contribution is 0.102. The third kappa shape index (κ3) is 4.06. The van der Waals surface area contributed by atoms with Crippen LogP contribution >= 0.6 is 26.6 Å². The fourth-order valence-corrected chi connectivity index (χ4v) is 2.87. The van der Waals surface area contributed by atoms with Crippen molar-refractivity contribution in [3.8, 4) is 0 Å². The monoisotopic (exact) mass is 387 g/mol. The van der Waals surface area contributed by atoms with Gasteiger partial charge in [0.1, 0.15) is 0 Å². The molecule has 2 rings (SSSR count). The first-order chi connectivity index (χ1) is 9.77. The number of halogens is 2. The number of carbonyl (C=O) groups is 1. The molecule has 0 aliphatic rings. The summed E-state index contributed by atoms with van der Waals surface area (Å²) in [6.07, 6.45) is 0. The Balaban J connectivity index is 2.22. The topological polar surface area (TPSA) is 63.2 Å². The van der Waals surface area contributed by atoms with E-state index in [1.807, 2.05) is 19.1 Å². The Morgan fingerprint density at radius 3 is 2.33 bits per heavy atom. The molecule has 2 aromatic rings. The molecule has 0 heterocycles. The first-order valence-corrected chi connectivity index (χ1v) is 9.00. The highest BCUT2D eigenvalue weighted by Crippen LogP contribution is 2.20. The minimum absolute atomic E-state index is 0.0131. The highest BCUT2D eigenvalue weighted by atomic mass is 79.9. The molecule has 110 valence electrons. The molecule has 0 fully saturated rings. The van der Waals surface area contributed by atoms with Gasteiger partial charge in [0.25, 0.3) is 15.0 Å². The first-order valence-electron chi connectivity index (χ1n) is 5.89. The van der Waals surface area contributed by atoms with Gasteiger partial charge in [0, 0.05) is 26.4 Å². The molecule has 21 heavy (non-hydrogen) atoms. The van der Waals surface area contributed by atoms with Crippen molar-refractivity contribution in [1.82, 2.24) is 0 Å². The molecule has 0 atom stereocenters. The molecular formula is C14H11BrClNO3S. The zero-order chi connectivity index (χ0) is 15.6. The molecule has 0 radical (unpaired) electrons. The molecule has 0 aromatic heterocycles. The number of hydrogen-bond donors (Lipinski definition) is 1. The van der Waals surface area contributed by atoms with E-state index < -0.39 is 9.05 Å². The minimum Gasteiger partial charge on any atom is -0.322 e. The van der Waals surface area contributed by atoms with Crippen molar-refractivity contribution in [2.45, 2.75) is 11.8 Å². The first kappa shape index (κ1) is 16.0.